The van der Waals surface area contributed by atoms with E-state index in [1.807, 2.05) is 18.7 Å². The highest BCUT2D eigenvalue weighted by atomic mass is 16.2. The molecule has 2 unspecified atom stereocenters. The molecule has 2 saturated heterocycles. The summed E-state index contributed by atoms with van der Waals surface area (Å²) in [6, 6.07) is 1.69. The van der Waals surface area contributed by atoms with Crippen LogP contribution in [0.5, 0.6) is 0 Å². The van der Waals surface area contributed by atoms with Gasteiger partial charge in [0, 0.05) is 37.4 Å². The molecule has 3 heterocycles. The molecule has 2 aliphatic heterocycles. The second kappa shape index (κ2) is 6.56. The largest absolute Gasteiger partial charge is 0.337 e. The molecular formula is C18H28N4O. The Morgan fingerprint density at radius 2 is 2.04 bits per heavy atom. The van der Waals surface area contributed by atoms with E-state index in [0.717, 1.165) is 37.4 Å². The zero-order valence-corrected chi connectivity index (χ0v) is 14.7. The minimum absolute atomic E-state index is 0.109. The lowest BCUT2D eigenvalue weighted by atomic mass is 10.1. The maximum absolute atomic E-state index is 13.0. The van der Waals surface area contributed by atoms with Gasteiger partial charge in [-0.25, -0.2) is 9.97 Å². The van der Waals surface area contributed by atoms with Crippen LogP contribution in [0.15, 0.2) is 6.20 Å². The fourth-order valence-electron chi connectivity index (χ4n) is 4.27. The summed E-state index contributed by atoms with van der Waals surface area (Å²) >= 11 is 0. The second-order valence-electron chi connectivity index (χ2n) is 7.10. The lowest BCUT2D eigenvalue weighted by molar-refractivity contribution is 0.0726. The van der Waals surface area contributed by atoms with E-state index < -0.39 is 0 Å². The van der Waals surface area contributed by atoms with Gasteiger partial charge in [-0.05, 0) is 46.5 Å². The smallest absolute Gasteiger partial charge is 0.257 e. The molecule has 1 aromatic rings. The number of aryl methyl sites for hydroxylation is 2. The van der Waals surface area contributed by atoms with Gasteiger partial charge in [0.25, 0.3) is 5.91 Å². The van der Waals surface area contributed by atoms with Crippen LogP contribution in [0.4, 0.5) is 0 Å². The Kier molecular flexibility index (Phi) is 4.67. The molecule has 0 N–H and O–H groups in total. The van der Waals surface area contributed by atoms with E-state index in [0.29, 0.717) is 23.7 Å². The summed E-state index contributed by atoms with van der Waals surface area (Å²) in [5, 5.41) is 0. The van der Waals surface area contributed by atoms with Crippen molar-refractivity contribution in [1.82, 2.24) is 19.8 Å². The SMILES string of the molecule is CCc1nc(C)ncc1C(=O)N1CCC2CCC(C1)N2C(C)C. The molecule has 5 heteroatoms. The highest BCUT2D eigenvalue weighted by molar-refractivity contribution is 5.95. The molecule has 0 aromatic carbocycles. The van der Waals surface area contributed by atoms with Gasteiger partial charge in [0.15, 0.2) is 0 Å². The van der Waals surface area contributed by atoms with E-state index in [2.05, 4.69) is 28.7 Å². The number of carbonyl (C=O) groups is 1. The molecular weight excluding hydrogens is 288 g/mol. The van der Waals surface area contributed by atoms with Crippen LogP contribution < -0.4 is 0 Å². The molecule has 2 fully saturated rings. The van der Waals surface area contributed by atoms with Crippen molar-refractivity contribution in [2.45, 2.75) is 71.5 Å². The second-order valence-corrected chi connectivity index (χ2v) is 7.10. The van der Waals surface area contributed by atoms with Crippen molar-refractivity contribution in [1.29, 1.82) is 0 Å². The van der Waals surface area contributed by atoms with E-state index in [-0.39, 0.29) is 5.91 Å². The minimum Gasteiger partial charge on any atom is -0.337 e. The van der Waals surface area contributed by atoms with Crippen LogP contribution in [0.3, 0.4) is 0 Å². The summed E-state index contributed by atoms with van der Waals surface area (Å²) in [5.74, 6) is 0.845. The van der Waals surface area contributed by atoms with Crippen molar-refractivity contribution < 1.29 is 4.79 Å². The molecule has 23 heavy (non-hydrogen) atoms. The van der Waals surface area contributed by atoms with E-state index in [9.17, 15) is 4.79 Å². The van der Waals surface area contributed by atoms with Crippen molar-refractivity contribution in [2.24, 2.45) is 0 Å². The molecule has 0 aliphatic carbocycles. The molecule has 1 aromatic heterocycles. The van der Waals surface area contributed by atoms with Gasteiger partial charge in [-0.15, -0.1) is 0 Å². The van der Waals surface area contributed by atoms with Gasteiger partial charge in [0.2, 0.25) is 0 Å². The number of nitrogens with zero attached hydrogens (tertiary/aromatic N) is 4. The summed E-state index contributed by atoms with van der Waals surface area (Å²) in [6.07, 6.45) is 6.04. The third kappa shape index (κ3) is 3.11. The highest BCUT2D eigenvalue weighted by Crippen LogP contribution is 2.32. The fraction of sp³-hybridized carbons (Fsp3) is 0.722. The van der Waals surface area contributed by atoms with E-state index in [4.69, 9.17) is 0 Å². The van der Waals surface area contributed by atoms with Crippen molar-refractivity contribution in [3.05, 3.63) is 23.3 Å². The molecule has 1 amide bonds. The maximum Gasteiger partial charge on any atom is 0.257 e. The highest BCUT2D eigenvalue weighted by Gasteiger charge is 2.39. The molecule has 0 spiro atoms. The Hall–Kier alpha value is -1.49. The number of amides is 1. The predicted molar refractivity (Wildman–Crippen MR) is 90.5 cm³/mol. The molecule has 3 rings (SSSR count). The first-order valence-corrected chi connectivity index (χ1v) is 8.90. The Labute approximate surface area is 139 Å². The average Bonchev–Trinajstić information content (AvgIpc) is 2.81. The standard InChI is InChI=1S/C18H28N4O/c1-5-17-16(10-19-13(4)20-17)18(23)21-9-8-14-6-7-15(11-21)22(14)12(2)3/h10,12,14-15H,5-9,11H2,1-4H3. The van der Waals surface area contributed by atoms with Gasteiger partial charge in [-0.1, -0.05) is 6.92 Å². The van der Waals surface area contributed by atoms with Crippen LogP contribution in [0, 0.1) is 6.92 Å². The van der Waals surface area contributed by atoms with E-state index in [1.165, 1.54) is 12.8 Å². The van der Waals surface area contributed by atoms with Crippen molar-refractivity contribution in [3.8, 4) is 0 Å². The normalized spacial score (nSPS) is 25.0. The van der Waals surface area contributed by atoms with Crippen molar-refractivity contribution in [3.63, 3.8) is 0 Å². The summed E-state index contributed by atoms with van der Waals surface area (Å²) in [6.45, 7) is 10.1. The van der Waals surface area contributed by atoms with E-state index in [1.54, 1.807) is 6.20 Å². The van der Waals surface area contributed by atoms with Crippen LogP contribution in [0.1, 0.15) is 61.9 Å². The van der Waals surface area contributed by atoms with Gasteiger partial charge in [-0.3, -0.25) is 9.69 Å². The summed E-state index contributed by atoms with van der Waals surface area (Å²) in [5.41, 5.74) is 1.56. The monoisotopic (exact) mass is 316 g/mol. The molecule has 126 valence electrons. The Morgan fingerprint density at radius 1 is 1.30 bits per heavy atom. The van der Waals surface area contributed by atoms with Crippen LogP contribution in [0.2, 0.25) is 0 Å². The average molecular weight is 316 g/mol. The zero-order valence-electron chi connectivity index (χ0n) is 14.7. The topological polar surface area (TPSA) is 49.3 Å². The summed E-state index contributed by atoms with van der Waals surface area (Å²) in [4.78, 5) is 26.4. The van der Waals surface area contributed by atoms with Gasteiger partial charge < -0.3 is 4.90 Å². The predicted octanol–water partition coefficient (Wildman–Crippen LogP) is 2.43. The first-order valence-electron chi connectivity index (χ1n) is 8.90. The maximum atomic E-state index is 13.0. The lowest BCUT2D eigenvalue weighted by Crippen LogP contribution is -2.44. The molecule has 0 radical (unpaired) electrons. The summed E-state index contributed by atoms with van der Waals surface area (Å²) in [7, 11) is 0. The van der Waals surface area contributed by atoms with Gasteiger partial charge >= 0.3 is 0 Å². The number of likely N-dealkylation sites (tertiary alicyclic amines) is 1. The first kappa shape index (κ1) is 16.4. The Balaban J connectivity index is 1.81. The lowest BCUT2D eigenvalue weighted by Gasteiger charge is -2.32. The molecule has 2 atom stereocenters. The van der Waals surface area contributed by atoms with Crippen LogP contribution >= 0.6 is 0 Å². The number of rotatable bonds is 3. The van der Waals surface area contributed by atoms with Gasteiger partial charge in [-0.2, -0.15) is 0 Å². The van der Waals surface area contributed by atoms with Gasteiger partial charge in [0.05, 0.1) is 11.3 Å². The third-order valence-electron chi connectivity index (χ3n) is 5.28. The first-order chi connectivity index (χ1) is 11.0. The zero-order chi connectivity index (χ0) is 16.6. The van der Waals surface area contributed by atoms with Gasteiger partial charge in [0.1, 0.15) is 5.82 Å². The number of carbonyl (C=O) groups excluding carboxylic acids is 1. The van der Waals surface area contributed by atoms with Crippen molar-refractivity contribution in [2.75, 3.05) is 13.1 Å². The number of hydrogen-bond donors (Lipinski definition) is 0. The molecule has 5 nitrogen and oxygen atoms in total. The van der Waals surface area contributed by atoms with Crippen LogP contribution in [-0.4, -0.2) is 56.9 Å². The number of aromatic nitrogens is 2. The van der Waals surface area contributed by atoms with Crippen molar-refractivity contribution >= 4 is 5.91 Å². The number of hydrogen-bond acceptors (Lipinski definition) is 4. The number of fused-ring (bicyclic) bond motifs is 2. The Morgan fingerprint density at radius 3 is 2.74 bits per heavy atom. The quantitative estimate of drug-likeness (QED) is 0.859. The van der Waals surface area contributed by atoms with Crippen LogP contribution in [0.25, 0.3) is 0 Å². The molecule has 2 aliphatic rings. The van der Waals surface area contributed by atoms with Crippen LogP contribution in [-0.2, 0) is 6.42 Å². The van der Waals surface area contributed by atoms with E-state index >= 15 is 0 Å². The fourth-order valence-corrected chi connectivity index (χ4v) is 4.27. The Bertz CT molecular complexity index is 586. The minimum atomic E-state index is 0.109. The third-order valence-corrected chi connectivity index (χ3v) is 5.28. The molecule has 0 saturated carbocycles. The summed E-state index contributed by atoms with van der Waals surface area (Å²) < 4.78 is 0. The molecule has 2 bridgehead atoms.